The molecule has 0 bridgehead atoms. The molecule has 5 nitrogen and oxygen atoms in total. The van der Waals surface area contributed by atoms with Gasteiger partial charge < -0.3 is 9.64 Å². The van der Waals surface area contributed by atoms with Gasteiger partial charge in [0.2, 0.25) is 0 Å². The largest absolute Gasteiger partial charge is 0.469 e. The highest BCUT2D eigenvalue weighted by molar-refractivity contribution is 7.91. The van der Waals surface area contributed by atoms with Gasteiger partial charge in [-0.25, -0.2) is 8.42 Å². The van der Waals surface area contributed by atoms with Crippen molar-refractivity contribution < 1.29 is 17.9 Å². The summed E-state index contributed by atoms with van der Waals surface area (Å²) in [7, 11) is -1.43. The molecule has 2 fully saturated rings. The number of rotatable bonds is 3. The Bertz CT molecular complexity index is 372. The van der Waals surface area contributed by atoms with E-state index in [0.29, 0.717) is 19.6 Å². The third-order valence-corrected chi connectivity index (χ3v) is 5.04. The molecule has 0 atom stereocenters. The number of hydrogen-bond acceptors (Lipinski definition) is 5. The summed E-state index contributed by atoms with van der Waals surface area (Å²) in [6, 6.07) is 0. The van der Waals surface area contributed by atoms with Crippen molar-refractivity contribution in [2.75, 3.05) is 38.2 Å². The normalized spacial score (nSPS) is 27.3. The van der Waals surface area contributed by atoms with Crippen LogP contribution in [0.5, 0.6) is 0 Å². The molecule has 1 aliphatic heterocycles. The van der Waals surface area contributed by atoms with Crippen LogP contribution < -0.4 is 0 Å². The van der Waals surface area contributed by atoms with Gasteiger partial charge in [-0.3, -0.25) is 4.79 Å². The van der Waals surface area contributed by atoms with Crippen molar-refractivity contribution in [2.45, 2.75) is 12.8 Å². The molecule has 0 amide bonds. The van der Waals surface area contributed by atoms with Crippen molar-refractivity contribution in [1.82, 2.24) is 4.90 Å². The molecule has 2 aliphatic rings. The number of esters is 1. The quantitative estimate of drug-likeness (QED) is 0.639. The summed E-state index contributed by atoms with van der Waals surface area (Å²) in [4.78, 5) is 13.6. The fourth-order valence-corrected chi connectivity index (χ4v) is 3.41. The molecule has 92 valence electrons. The second kappa shape index (κ2) is 4.00. The van der Waals surface area contributed by atoms with Gasteiger partial charge >= 0.3 is 5.97 Å². The Morgan fingerprint density at radius 3 is 2.31 bits per heavy atom. The zero-order valence-corrected chi connectivity index (χ0v) is 10.3. The predicted octanol–water partition coefficient (Wildman–Crippen LogP) is -0.330. The molecule has 0 unspecified atom stereocenters. The maximum Gasteiger partial charge on any atom is 0.313 e. The van der Waals surface area contributed by atoms with Crippen LogP contribution >= 0.6 is 0 Å². The molecule has 1 aliphatic carbocycles. The lowest BCUT2D eigenvalue weighted by atomic mass is 10.1. The monoisotopic (exact) mass is 247 g/mol. The molecular formula is C10H17NO4S. The number of sulfone groups is 1. The van der Waals surface area contributed by atoms with Gasteiger partial charge in [-0.1, -0.05) is 0 Å². The fourth-order valence-electron chi connectivity index (χ4n) is 2.13. The smallest absolute Gasteiger partial charge is 0.313 e. The Morgan fingerprint density at radius 1 is 1.31 bits per heavy atom. The number of carbonyl (C=O) groups is 1. The molecule has 16 heavy (non-hydrogen) atoms. The standard InChI is InChI=1S/C10H17NO4S/c1-15-9(12)10(2-3-10)8-11-4-6-16(13,14)7-5-11/h2-8H2,1H3. The minimum atomic E-state index is -2.83. The molecular weight excluding hydrogens is 230 g/mol. The first-order valence-electron chi connectivity index (χ1n) is 5.49. The second-order valence-electron chi connectivity index (χ2n) is 4.70. The molecule has 0 aromatic rings. The van der Waals surface area contributed by atoms with Crippen LogP contribution in [-0.4, -0.2) is 57.5 Å². The Balaban J connectivity index is 1.90. The van der Waals surface area contributed by atoms with Crippen LogP contribution in [0.25, 0.3) is 0 Å². The molecule has 0 radical (unpaired) electrons. The minimum absolute atomic E-state index is 0.152. The van der Waals surface area contributed by atoms with Crippen LogP contribution in [0.2, 0.25) is 0 Å². The molecule has 2 rings (SSSR count). The summed E-state index contributed by atoms with van der Waals surface area (Å²) in [5, 5.41) is 0. The maximum atomic E-state index is 11.5. The molecule has 0 spiro atoms. The lowest BCUT2D eigenvalue weighted by molar-refractivity contribution is -0.147. The second-order valence-corrected chi connectivity index (χ2v) is 7.00. The molecule has 1 saturated carbocycles. The number of ether oxygens (including phenoxy) is 1. The Labute approximate surface area is 95.7 Å². The average Bonchev–Trinajstić information content (AvgIpc) is 3.01. The first-order chi connectivity index (χ1) is 7.47. The van der Waals surface area contributed by atoms with Crippen LogP contribution in [0.1, 0.15) is 12.8 Å². The van der Waals surface area contributed by atoms with Crippen molar-refractivity contribution in [3.63, 3.8) is 0 Å². The van der Waals surface area contributed by atoms with E-state index in [9.17, 15) is 13.2 Å². The maximum absolute atomic E-state index is 11.5. The zero-order chi connectivity index (χ0) is 11.8. The van der Waals surface area contributed by atoms with Gasteiger partial charge in [0.1, 0.15) is 0 Å². The van der Waals surface area contributed by atoms with E-state index in [1.807, 2.05) is 0 Å². The highest BCUT2D eigenvalue weighted by Gasteiger charge is 2.52. The van der Waals surface area contributed by atoms with Gasteiger partial charge in [-0.05, 0) is 12.8 Å². The van der Waals surface area contributed by atoms with E-state index in [2.05, 4.69) is 4.90 Å². The molecule has 0 aromatic carbocycles. The molecule has 0 N–H and O–H groups in total. The van der Waals surface area contributed by atoms with Crippen LogP contribution in [0.3, 0.4) is 0 Å². The molecule has 0 aromatic heterocycles. The van der Waals surface area contributed by atoms with Gasteiger partial charge in [0, 0.05) is 19.6 Å². The topological polar surface area (TPSA) is 63.7 Å². The zero-order valence-electron chi connectivity index (χ0n) is 9.44. The number of carbonyl (C=O) groups excluding carboxylic acids is 1. The van der Waals surface area contributed by atoms with Crippen molar-refractivity contribution >= 4 is 15.8 Å². The van der Waals surface area contributed by atoms with Crippen LogP contribution in [0.4, 0.5) is 0 Å². The average molecular weight is 247 g/mol. The highest BCUT2D eigenvalue weighted by Crippen LogP contribution is 2.47. The van der Waals surface area contributed by atoms with Crippen LogP contribution in [0, 0.1) is 5.41 Å². The van der Waals surface area contributed by atoms with Gasteiger partial charge in [0.05, 0.1) is 24.0 Å². The van der Waals surface area contributed by atoms with Gasteiger partial charge in [-0.15, -0.1) is 0 Å². The summed E-state index contributed by atoms with van der Waals surface area (Å²) in [6.45, 7) is 1.73. The predicted molar refractivity (Wildman–Crippen MR) is 58.8 cm³/mol. The summed E-state index contributed by atoms with van der Waals surface area (Å²) < 4.78 is 27.3. The third kappa shape index (κ3) is 2.38. The highest BCUT2D eigenvalue weighted by atomic mass is 32.2. The van der Waals surface area contributed by atoms with Gasteiger partial charge in [0.25, 0.3) is 0 Å². The van der Waals surface area contributed by atoms with E-state index in [4.69, 9.17) is 4.74 Å². The summed E-state index contributed by atoms with van der Waals surface area (Å²) in [6.07, 6.45) is 1.73. The minimum Gasteiger partial charge on any atom is -0.469 e. The van der Waals surface area contributed by atoms with E-state index in [1.165, 1.54) is 7.11 Å². The van der Waals surface area contributed by atoms with Crippen LogP contribution in [0.15, 0.2) is 0 Å². The fraction of sp³-hybridized carbons (Fsp3) is 0.900. The van der Waals surface area contributed by atoms with E-state index in [-0.39, 0.29) is 22.9 Å². The van der Waals surface area contributed by atoms with E-state index in [1.54, 1.807) is 0 Å². The SMILES string of the molecule is COC(=O)C1(CN2CCS(=O)(=O)CC2)CC1. The summed E-state index contributed by atoms with van der Waals surface area (Å²) in [5.74, 6) is 0.273. The Kier molecular flexibility index (Phi) is 2.96. The van der Waals surface area contributed by atoms with Crippen molar-refractivity contribution in [3.05, 3.63) is 0 Å². The summed E-state index contributed by atoms with van der Waals surface area (Å²) >= 11 is 0. The lowest BCUT2D eigenvalue weighted by Gasteiger charge is -2.29. The third-order valence-electron chi connectivity index (χ3n) is 3.44. The molecule has 6 heteroatoms. The van der Waals surface area contributed by atoms with E-state index < -0.39 is 9.84 Å². The Hall–Kier alpha value is -0.620. The van der Waals surface area contributed by atoms with E-state index in [0.717, 1.165) is 12.8 Å². The number of hydrogen-bond donors (Lipinski definition) is 0. The first-order valence-corrected chi connectivity index (χ1v) is 7.31. The first kappa shape index (κ1) is 11.9. The molecule has 1 heterocycles. The molecule has 1 saturated heterocycles. The van der Waals surface area contributed by atoms with Gasteiger partial charge in [0.15, 0.2) is 9.84 Å². The number of methoxy groups -OCH3 is 1. The van der Waals surface area contributed by atoms with Crippen molar-refractivity contribution in [3.8, 4) is 0 Å². The van der Waals surface area contributed by atoms with Crippen molar-refractivity contribution in [1.29, 1.82) is 0 Å². The van der Waals surface area contributed by atoms with Crippen molar-refractivity contribution in [2.24, 2.45) is 5.41 Å². The van der Waals surface area contributed by atoms with Crippen LogP contribution in [-0.2, 0) is 19.4 Å². The summed E-state index contributed by atoms with van der Waals surface area (Å²) in [5.41, 5.74) is -0.337. The Morgan fingerprint density at radius 2 is 1.88 bits per heavy atom. The van der Waals surface area contributed by atoms with E-state index >= 15 is 0 Å². The van der Waals surface area contributed by atoms with Gasteiger partial charge in [-0.2, -0.15) is 0 Å². The number of nitrogens with zero attached hydrogens (tertiary/aromatic N) is 1. The lowest BCUT2D eigenvalue weighted by Crippen LogP contribution is -2.44.